The van der Waals surface area contributed by atoms with Crippen LogP contribution in [0.2, 0.25) is 0 Å². The molecule has 0 aromatic carbocycles. The Hall–Kier alpha value is -0.320. The van der Waals surface area contributed by atoms with E-state index < -0.39 is 25.5 Å². The van der Waals surface area contributed by atoms with Crippen molar-refractivity contribution >= 4 is 31.9 Å². The van der Waals surface area contributed by atoms with Crippen molar-refractivity contribution in [1.82, 2.24) is 0 Å². The molecule has 13 heavy (non-hydrogen) atoms. The predicted molar refractivity (Wildman–Crippen MR) is 46.6 cm³/mol. The van der Waals surface area contributed by atoms with Crippen molar-refractivity contribution in [1.29, 1.82) is 0 Å². The fourth-order valence-corrected chi connectivity index (χ4v) is 2.09. The highest BCUT2D eigenvalue weighted by atomic mass is 79.9. The Labute approximate surface area is 88.1 Å². The van der Waals surface area contributed by atoms with Crippen LogP contribution in [0.3, 0.4) is 0 Å². The molecular weight excluding hydrogens is 320 g/mol. The van der Waals surface area contributed by atoms with Crippen LogP contribution >= 0.6 is 31.9 Å². The molecule has 8 nitrogen and oxygen atoms in total. The van der Waals surface area contributed by atoms with Crippen molar-refractivity contribution < 1.29 is 20.1 Å². The zero-order valence-electron chi connectivity index (χ0n) is 5.88. The number of nitro groups is 2. The van der Waals surface area contributed by atoms with E-state index in [9.17, 15) is 20.2 Å². The molecule has 76 valence electrons. The Morgan fingerprint density at radius 1 is 1.23 bits per heavy atom. The van der Waals surface area contributed by atoms with Crippen LogP contribution in [0.4, 0.5) is 0 Å². The topological polar surface area (TPSA) is 127 Å². The van der Waals surface area contributed by atoms with E-state index in [0.717, 1.165) is 0 Å². The van der Waals surface area contributed by atoms with Crippen molar-refractivity contribution in [2.24, 2.45) is 0 Å². The van der Waals surface area contributed by atoms with Crippen LogP contribution in [0.25, 0.3) is 0 Å². The highest BCUT2D eigenvalue weighted by Gasteiger charge is 2.71. The summed E-state index contributed by atoms with van der Waals surface area (Å²) in [5, 5.41) is 37.5. The van der Waals surface area contributed by atoms with Gasteiger partial charge in [-0.2, -0.15) is 0 Å². The third-order valence-corrected chi connectivity index (χ3v) is 2.72. The highest BCUT2D eigenvalue weighted by molar-refractivity contribution is 9.10. The molecule has 0 aromatic heterocycles. The molecule has 0 heterocycles. The first-order valence-electron chi connectivity index (χ1n) is 2.68. The lowest BCUT2D eigenvalue weighted by Crippen LogP contribution is -2.62. The van der Waals surface area contributed by atoms with Gasteiger partial charge in [-0.3, -0.25) is 20.2 Å². The molecule has 0 saturated carbocycles. The fourth-order valence-electron chi connectivity index (χ4n) is 0.482. The van der Waals surface area contributed by atoms with Crippen LogP contribution in [0.5, 0.6) is 0 Å². The van der Waals surface area contributed by atoms with Gasteiger partial charge in [-0.1, -0.05) is 15.9 Å². The fraction of sp³-hybridized carbons (Fsp3) is 1.00. The normalized spacial score (nSPS) is 12.6. The second-order valence-electron chi connectivity index (χ2n) is 2.05. The molecular formula is C3H4Br2N2O6. The van der Waals surface area contributed by atoms with Gasteiger partial charge in [-0.25, -0.2) is 0 Å². The van der Waals surface area contributed by atoms with Gasteiger partial charge < -0.3 is 10.2 Å². The van der Waals surface area contributed by atoms with Gasteiger partial charge in [0.25, 0.3) is 0 Å². The van der Waals surface area contributed by atoms with E-state index in [1.54, 1.807) is 0 Å². The molecule has 0 aliphatic heterocycles. The van der Waals surface area contributed by atoms with Crippen molar-refractivity contribution in [2.45, 2.75) is 10.4 Å². The molecule has 10 heteroatoms. The summed E-state index contributed by atoms with van der Waals surface area (Å²) in [6.45, 7) is 0. The summed E-state index contributed by atoms with van der Waals surface area (Å²) in [6.07, 6.45) is 0. The molecule has 2 N–H and O–H groups in total. The van der Waals surface area contributed by atoms with E-state index in [0.29, 0.717) is 0 Å². The molecule has 0 aromatic rings. The number of alkyl halides is 2. The maximum absolute atomic E-state index is 10.3. The molecule has 0 atom stereocenters. The van der Waals surface area contributed by atoms with Gasteiger partial charge in [0.1, 0.15) is 9.85 Å². The summed E-state index contributed by atoms with van der Waals surface area (Å²) in [5.41, 5.74) is -3.13. The summed E-state index contributed by atoms with van der Waals surface area (Å²) in [7, 11) is 0. The van der Waals surface area contributed by atoms with E-state index in [1.165, 1.54) is 0 Å². The third kappa shape index (κ3) is 1.95. The Morgan fingerprint density at radius 3 is 1.54 bits per heavy atom. The maximum Gasteiger partial charge on any atom is 0.529 e. The summed E-state index contributed by atoms with van der Waals surface area (Å²) in [5.74, 6) is 0. The molecule has 0 saturated heterocycles. The average molecular weight is 324 g/mol. The highest BCUT2D eigenvalue weighted by Crippen LogP contribution is 2.31. The third-order valence-electron chi connectivity index (χ3n) is 1.30. The van der Waals surface area contributed by atoms with E-state index in [2.05, 4.69) is 31.9 Å². The molecule has 0 fully saturated rings. The van der Waals surface area contributed by atoms with E-state index >= 15 is 0 Å². The van der Waals surface area contributed by atoms with E-state index in [-0.39, 0.29) is 0 Å². The van der Waals surface area contributed by atoms with Gasteiger partial charge in [0.2, 0.25) is 0 Å². The number of nitrogens with zero attached hydrogens (tertiary/aromatic N) is 2. The molecule has 0 unspecified atom stereocenters. The van der Waals surface area contributed by atoms with Crippen molar-refractivity contribution in [3.8, 4) is 0 Å². The summed E-state index contributed by atoms with van der Waals surface area (Å²) >= 11 is 4.54. The molecule has 0 bridgehead atoms. The lowest BCUT2D eigenvalue weighted by atomic mass is 10.2. The maximum atomic E-state index is 10.3. The van der Waals surface area contributed by atoms with Crippen LogP contribution in [-0.2, 0) is 0 Å². The summed E-state index contributed by atoms with van der Waals surface area (Å²) < 4.78 is -3.23. The molecule has 0 aliphatic rings. The number of rotatable bonds is 4. The number of hydrogen-bond donors (Lipinski definition) is 2. The van der Waals surface area contributed by atoms with Crippen molar-refractivity contribution in [2.75, 3.05) is 5.33 Å². The van der Waals surface area contributed by atoms with Crippen LogP contribution in [0, 0.1) is 20.2 Å². The van der Waals surface area contributed by atoms with E-state index in [1.807, 2.05) is 0 Å². The van der Waals surface area contributed by atoms with Crippen molar-refractivity contribution in [3.63, 3.8) is 0 Å². The first-order chi connectivity index (χ1) is 5.70. The zero-order valence-corrected chi connectivity index (χ0v) is 9.06. The summed E-state index contributed by atoms with van der Waals surface area (Å²) in [6, 6.07) is 0. The van der Waals surface area contributed by atoms with Gasteiger partial charge >= 0.3 is 10.4 Å². The molecule has 0 rings (SSSR count). The quantitative estimate of drug-likeness (QED) is 0.315. The van der Waals surface area contributed by atoms with Crippen molar-refractivity contribution in [3.05, 3.63) is 20.2 Å². The first-order valence-corrected chi connectivity index (χ1v) is 4.60. The Morgan fingerprint density at radius 2 is 1.54 bits per heavy atom. The Balaban J connectivity index is 5.38. The second-order valence-corrected chi connectivity index (χ2v) is 3.72. The first kappa shape index (κ1) is 12.7. The minimum absolute atomic E-state index is 0.849. The van der Waals surface area contributed by atoms with Crippen LogP contribution in [0.15, 0.2) is 0 Å². The minimum atomic E-state index is -3.23. The monoisotopic (exact) mass is 322 g/mol. The molecule has 0 aliphatic carbocycles. The van der Waals surface area contributed by atoms with Gasteiger partial charge in [0, 0.05) is 0 Å². The number of aliphatic hydroxyl groups is 2. The average Bonchev–Trinajstić information content (AvgIpc) is 1.83. The van der Waals surface area contributed by atoms with E-state index in [4.69, 9.17) is 10.2 Å². The lowest BCUT2D eigenvalue weighted by Gasteiger charge is -2.22. The molecule has 0 amide bonds. The lowest BCUT2D eigenvalue weighted by molar-refractivity contribution is -0.811. The number of hydrogen-bond acceptors (Lipinski definition) is 6. The molecule has 0 spiro atoms. The van der Waals surface area contributed by atoms with Crippen LogP contribution in [-0.4, -0.2) is 35.7 Å². The second kappa shape index (κ2) is 3.82. The van der Waals surface area contributed by atoms with Gasteiger partial charge in [-0.15, -0.1) is 0 Å². The predicted octanol–water partition coefficient (Wildman–Crippen LogP) is -0.336. The standard InChI is InChI=1S/C3H4Br2N2O6/c4-1-2(6(10)11,7(12)13)3(5,8)9/h8-9H,1H2. The van der Waals surface area contributed by atoms with Gasteiger partial charge in [-0.05, 0) is 15.9 Å². The van der Waals surface area contributed by atoms with Crippen LogP contribution in [0.1, 0.15) is 0 Å². The number of halogens is 2. The largest absolute Gasteiger partial charge is 0.529 e. The van der Waals surface area contributed by atoms with Gasteiger partial charge in [0.05, 0.1) is 0 Å². The van der Waals surface area contributed by atoms with Gasteiger partial charge in [0.15, 0.2) is 5.33 Å². The Kier molecular flexibility index (Phi) is 3.72. The zero-order chi connectivity index (χ0) is 10.9. The smallest absolute Gasteiger partial charge is 0.345 e. The van der Waals surface area contributed by atoms with Crippen LogP contribution < -0.4 is 0 Å². The molecule has 0 radical (unpaired) electrons. The minimum Gasteiger partial charge on any atom is -0.345 e. The SMILES string of the molecule is O=[N+]([O-])C(CBr)([N+](=O)[O-])C(O)(O)Br. The summed E-state index contributed by atoms with van der Waals surface area (Å²) in [4.78, 5) is 17.9. The Bertz CT molecular complexity index is 223.